The number of hydrogen-bond acceptors (Lipinski definition) is 3. The van der Waals surface area contributed by atoms with Gasteiger partial charge in [0.2, 0.25) is 0 Å². The fourth-order valence-corrected chi connectivity index (χ4v) is 2.38. The highest BCUT2D eigenvalue weighted by atomic mass is 16.5. The standard InChI is InChI=1S/C16H22N2O2/c1-4-20-16(19)15(18-11(2)3)9-12-10-17-14-8-6-5-7-13(12)14/h5-8,10-11,15,17-18H,4,9H2,1-3H3. The molecule has 0 radical (unpaired) electrons. The zero-order valence-corrected chi connectivity index (χ0v) is 12.3. The smallest absolute Gasteiger partial charge is 0.323 e. The lowest BCUT2D eigenvalue weighted by Crippen LogP contribution is -2.43. The van der Waals surface area contributed by atoms with E-state index in [9.17, 15) is 4.79 Å². The molecule has 1 aromatic heterocycles. The van der Waals surface area contributed by atoms with Crippen molar-refractivity contribution in [1.29, 1.82) is 0 Å². The van der Waals surface area contributed by atoms with E-state index >= 15 is 0 Å². The van der Waals surface area contributed by atoms with Crippen LogP contribution in [0.4, 0.5) is 0 Å². The molecule has 0 saturated heterocycles. The van der Waals surface area contributed by atoms with Gasteiger partial charge in [0.05, 0.1) is 6.61 Å². The molecule has 0 aliphatic carbocycles. The lowest BCUT2D eigenvalue weighted by molar-refractivity contribution is -0.145. The number of ether oxygens (including phenoxy) is 1. The van der Waals surface area contributed by atoms with Crippen molar-refractivity contribution in [3.8, 4) is 0 Å². The van der Waals surface area contributed by atoms with Crippen LogP contribution in [0.3, 0.4) is 0 Å². The first-order valence-corrected chi connectivity index (χ1v) is 7.09. The van der Waals surface area contributed by atoms with Crippen molar-refractivity contribution in [3.05, 3.63) is 36.0 Å². The third-order valence-corrected chi connectivity index (χ3v) is 3.20. The van der Waals surface area contributed by atoms with Crippen LogP contribution in [0.25, 0.3) is 10.9 Å². The van der Waals surface area contributed by atoms with Gasteiger partial charge in [-0.15, -0.1) is 0 Å². The number of aromatic amines is 1. The molecule has 0 bridgehead atoms. The summed E-state index contributed by atoms with van der Waals surface area (Å²) in [7, 11) is 0. The monoisotopic (exact) mass is 274 g/mol. The molecule has 1 aromatic carbocycles. The third-order valence-electron chi connectivity index (χ3n) is 3.20. The number of esters is 1. The van der Waals surface area contributed by atoms with Crippen molar-refractivity contribution < 1.29 is 9.53 Å². The van der Waals surface area contributed by atoms with Crippen LogP contribution in [-0.4, -0.2) is 29.6 Å². The van der Waals surface area contributed by atoms with Gasteiger partial charge in [0.15, 0.2) is 0 Å². The van der Waals surface area contributed by atoms with Gasteiger partial charge < -0.3 is 15.0 Å². The molecule has 20 heavy (non-hydrogen) atoms. The second kappa shape index (κ2) is 6.57. The summed E-state index contributed by atoms with van der Waals surface area (Å²) in [5.41, 5.74) is 2.22. The summed E-state index contributed by atoms with van der Waals surface area (Å²) in [6.07, 6.45) is 2.60. The number of aromatic nitrogens is 1. The highest BCUT2D eigenvalue weighted by Gasteiger charge is 2.22. The fraction of sp³-hybridized carbons (Fsp3) is 0.438. The van der Waals surface area contributed by atoms with Crippen LogP contribution in [0.5, 0.6) is 0 Å². The number of para-hydroxylation sites is 1. The summed E-state index contributed by atoms with van der Waals surface area (Å²) in [5.74, 6) is -0.188. The maximum atomic E-state index is 12.0. The van der Waals surface area contributed by atoms with Crippen LogP contribution in [-0.2, 0) is 16.0 Å². The Bertz CT molecular complexity index is 575. The van der Waals surface area contributed by atoms with Crippen LogP contribution >= 0.6 is 0 Å². The lowest BCUT2D eigenvalue weighted by Gasteiger charge is -2.19. The average Bonchev–Trinajstić information content (AvgIpc) is 2.81. The quantitative estimate of drug-likeness (QED) is 0.796. The van der Waals surface area contributed by atoms with Gasteiger partial charge in [0.1, 0.15) is 6.04 Å². The zero-order chi connectivity index (χ0) is 14.5. The minimum atomic E-state index is -0.311. The third kappa shape index (κ3) is 3.39. The first-order chi connectivity index (χ1) is 9.61. The normalized spacial score (nSPS) is 12.8. The second-order valence-electron chi connectivity index (χ2n) is 5.19. The van der Waals surface area contributed by atoms with Gasteiger partial charge in [-0.25, -0.2) is 0 Å². The van der Waals surface area contributed by atoms with E-state index < -0.39 is 0 Å². The average molecular weight is 274 g/mol. The van der Waals surface area contributed by atoms with E-state index in [1.807, 2.05) is 45.2 Å². The van der Waals surface area contributed by atoms with Crippen molar-refractivity contribution in [1.82, 2.24) is 10.3 Å². The minimum Gasteiger partial charge on any atom is -0.465 e. The van der Waals surface area contributed by atoms with E-state index in [0.29, 0.717) is 13.0 Å². The van der Waals surface area contributed by atoms with Crippen molar-refractivity contribution in [2.45, 2.75) is 39.3 Å². The Morgan fingerprint density at radius 3 is 2.80 bits per heavy atom. The summed E-state index contributed by atoms with van der Waals surface area (Å²) >= 11 is 0. The maximum Gasteiger partial charge on any atom is 0.323 e. The van der Waals surface area contributed by atoms with Gasteiger partial charge in [-0.2, -0.15) is 0 Å². The molecule has 1 heterocycles. The van der Waals surface area contributed by atoms with Crippen molar-refractivity contribution in [2.24, 2.45) is 0 Å². The van der Waals surface area contributed by atoms with Crippen LogP contribution in [0.15, 0.2) is 30.5 Å². The number of fused-ring (bicyclic) bond motifs is 1. The molecule has 0 fully saturated rings. The van der Waals surface area contributed by atoms with Crippen LogP contribution in [0.2, 0.25) is 0 Å². The van der Waals surface area contributed by atoms with E-state index in [1.54, 1.807) is 0 Å². The molecule has 2 aromatic rings. The SMILES string of the molecule is CCOC(=O)C(Cc1c[nH]c2ccccc12)NC(C)C. The van der Waals surface area contributed by atoms with E-state index in [0.717, 1.165) is 16.5 Å². The fourth-order valence-electron chi connectivity index (χ4n) is 2.38. The molecule has 0 aliphatic heterocycles. The molecule has 0 aliphatic rings. The molecule has 2 N–H and O–H groups in total. The van der Waals surface area contributed by atoms with E-state index in [4.69, 9.17) is 4.74 Å². The topological polar surface area (TPSA) is 54.1 Å². The van der Waals surface area contributed by atoms with Crippen molar-refractivity contribution in [3.63, 3.8) is 0 Å². The summed E-state index contributed by atoms with van der Waals surface area (Å²) in [5, 5.41) is 4.44. The molecule has 0 saturated carbocycles. The molecule has 4 nitrogen and oxygen atoms in total. The maximum absolute atomic E-state index is 12.0. The summed E-state index contributed by atoms with van der Waals surface area (Å²) in [6, 6.07) is 8.03. The Morgan fingerprint density at radius 2 is 2.10 bits per heavy atom. The van der Waals surface area contributed by atoms with Crippen LogP contribution in [0, 0.1) is 0 Å². The first-order valence-electron chi connectivity index (χ1n) is 7.09. The largest absolute Gasteiger partial charge is 0.465 e. The zero-order valence-electron chi connectivity index (χ0n) is 12.3. The summed E-state index contributed by atoms with van der Waals surface area (Å²) in [4.78, 5) is 15.3. The molecule has 4 heteroatoms. The molecule has 0 spiro atoms. The van der Waals surface area contributed by atoms with Crippen LogP contribution in [0.1, 0.15) is 26.3 Å². The Hall–Kier alpha value is -1.81. The number of carbonyl (C=O) groups excluding carboxylic acids is 1. The number of H-pyrrole nitrogens is 1. The van der Waals surface area contributed by atoms with E-state index in [1.165, 1.54) is 0 Å². The van der Waals surface area contributed by atoms with E-state index in [2.05, 4.69) is 16.4 Å². The molecule has 2 rings (SSSR count). The predicted molar refractivity (Wildman–Crippen MR) is 80.7 cm³/mol. The highest BCUT2D eigenvalue weighted by molar-refractivity contribution is 5.84. The number of hydrogen-bond donors (Lipinski definition) is 2. The molecule has 108 valence electrons. The Balaban J connectivity index is 2.20. The Kier molecular flexibility index (Phi) is 4.79. The second-order valence-corrected chi connectivity index (χ2v) is 5.19. The van der Waals surface area contributed by atoms with Gasteiger partial charge in [0, 0.05) is 29.6 Å². The minimum absolute atomic E-state index is 0.188. The van der Waals surface area contributed by atoms with Gasteiger partial charge in [0.25, 0.3) is 0 Å². The number of rotatable bonds is 6. The van der Waals surface area contributed by atoms with Crippen molar-refractivity contribution >= 4 is 16.9 Å². The highest BCUT2D eigenvalue weighted by Crippen LogP contribution is 2.19. The molecular formula is C16H22N2O2. The van der Waals surface area contributed by atoms with Crippen molar-refractivity contribution in [2.75, 3.05) is 6.61 Å². The van der Waals surface area contributed by atoms with Gasteiger partial charge in [-0.05, 0) is 18.6 Å². The van der Waals surface area contributed by atoms with Gasteiger partial charge in [-0.3, -0.25) is 4.79 Å². The number of nitrogens with one attached hydrogen (secondary N) is 2. The summed E-state index contributed by atoms with van der Waals surface area (Å²) < 4.78 is 5.15. The van der Waals surface area contributed by atoms with Crippen LogP contribution < -0.4 is 5.32 Å². The molecular weight excluding hydrogens is 252 g/mol. The predicted octanol–water partition coefficient (Wildman–Crippen LogP) is 2.64. The van der Waals surface area contributed by atoms with Gasteiger partial charge in [-0.1, -0.05) is 32.0 Å². The molecule has 1 unspecified atom stereocenters. The lowest BCUT2D eigenvalue weighted by atomic mass is 10.0. The Morgan fingerprint density at radius 1 is 1.35 bits per heavy atom. The molecule has 0 amide bonds. The number of carbonyl (C=O) groups is 1. The van der Waals surface area contributed by atoms with Gasteiger partial charge >= 0.3 is 5.97 Å². The summed E-state index contributed by atoms with van der Waals surface area (Å²) in [6.45, 7) is 6.29. The number of benzene rings is 1. The molecule has 1 atom stereocenters. The first kappa shape index (κ1) is 14.6. The Labute approximate surface area is 119 Å². The van der Waals surface area contributed by atoms with E-state index in [-0.39, 0.29) is 18.1 Å².